The third-order valence-electron chi connectivity index (χ3n) is 5.72. The summed E-state index contributed by atoms with van der Waals surface area (Å²) in [7, 11) is 0. The van der Waals surface area contributed by atoms with Gasteiger partial charge < -0.3 is 14.2 Å². The Labute approximate surface area is 240 Å². The molecule has 1 aromatic heterocycles. The summed E-state index contributed by atoms with van der Waals surface area (Å²) in [6, 6.07) is 9.67. The quantitative estimate of drug-likeness (QED) is 0.278. The summed E-state index contributed by atoms with van der Waals surface area (Å²) in [5.41, 5.74) is 1.47. The van der Waals surface area contributed by atoms with Gasteiger partial charge in [0, 0.05) is 16.1 Å². The molecule has 4 rings (SSSR count). The number of carbonyl (C=O) groups excluding carboxylic acids is 1. The number of ether oxygens (including phenoxy) is 3. The molecule has 1 atom stereocenters. The van der Waals surface area contributed by atoms with Gasteiger partial charge in [-0.25, -0.2) is 9.79 Å². The molecule has 1 aliphatic heterocycles. The van der Waals surface area contributed by atoms with E-state index >= 15 is 0 Å². The second-order valence-electron chi connectivity index (χ2n) is 8.81. The van der Waals surface area contributed by atoms with Gasteiger partial charge in [0.25, 0.3) is 5.56 Å². The van der Waals surface area contributed by atoms with Crippen LogP contribution in [0.25, 0.3) is 6.08 Å². The fraction of sp³-hybridized carbons (Fsp3) is 0.276. The Hall–Kier alpha value is -3.51. The van der Waals surface area contributed by atoms with E-state index in [-0.39, 0.29) is 35.5 Å². The Kier molecular flexibility index (Phi) is 8.86. The maximum Gasteiger partial charge on any atom is 0.338 e. The van der Waals surface area contributed by atoms with Gasteiger partial charge in [0.15, 0.2) is 4.80 Å². The highest BCUT2D eigenvalue weighted by atomic mass is 35.5. The number of carbonyl (C=O) groups is 1. The zero-order chi connectivity index (χ0) is 28.3. The maximum atomic E-state index is 14.0. The fourth-order valence-corrected chi connectivity index (χ4v) is 5.85. The summed E-state index contributed by atoms with van der Waals surface area (Å²) in [6.45, 7) is 7.43. The van der Waals surface area contributed by atoms with Crippen LogP contribution < -0.4 is 24.4 Å². The SMILES string of the molecule is C#CCOc1c(Cl)cc(Cl)cc1/C=c1\sc2n(c1=O)[C@H](c1ccccc1OC(C)C)C(C(=O)OCC)=C(C)N=2. The number of fused-ring (bicyclic) bond motifs is 1. The molecule has 0 bridgehead atoms. The second kappa shape index (κ2) is 12.1. The van der Waals surface area contributed by atoms with E-state index in [4.69, 9.17) is 43.8 Å². The summed E-state index contributed by atoms with van der Waals surface area (Å²) in [6.07, 6.45) is 6.86. The number of halogens is 2. The van der Waals surface area contributed by atoms with Gasteiger partial charge in [-0.15, -0.1) is 6.42 Å². The normalized spacial score (nSPS) is 15.0. The summed E-state index contributed by atoms with van der Waals surface area (Å²) in [5.74, 6) is 2.71. The number of benzene rings is 2. The molecule has 39 heavy (non-hydrogen) atoms. The van der Waals surface area contributed by atoms with Crippen molar-refractivity contribution in [3.63, 3.8) is 0 Å². The summed E-state index contributed by atoms with van der Waals surface area (Å²) in [4.78, 5) is 32.2. The van der Waals surface area contributed by atoms with Crippen molar-refractivity contribution < 1.29 is 19.0 Å². The number of allylic oxidation sites excluding steroid dienone is 1. The Morgan fingerprint density at radius 3 is 2.72 bits per heavy atom. The van der Waals surface area contributed by atoms with Gasteiger partial charge >= 0.3 is 5.97 Å². The van der Waals surface area contributed by atoms with Crippen LogP contribution in [0.1, 0.15) is 44.9 Å². The van der Waals surface area contributed by atoms with Crippen molar-refractivity contribution in [2.24, 2.45) is 4.99 Å². The number of rotatable bonds is 8. The lowest BCUT2D eigenvalue weighted by Gasteiger charge is -2.26. The number of terminal acetylenes is 1. The van der Waals surface area contributed by atoms with Crippen molar-refractivity contribution in [1.29, 1.82) is 0 Å². The number of aromatic nitrogens is 1. The van der Waals surface area contributed by atoms with Crippen LogP contribution in [0.2, 0.25) is 10.0 Å². The molecule has 0 spiro atoms. The number of hydrogen-bond acceptors (Lipinski definition) is 7. The number of hydrogen-bond donors (Lipinski definition) is 0. The molecule has 0 amide bonds. The first-order chi connectivity index (χ1) is 18.7. The molecule has 0 unspecified atom stereocenters. The van der Waals surface area contributed by atoms with Gasteiger partial charge in [0.05, 0.1) is 33.5 Å². The molecule has 7 nitrogen and oxygen atoms in total. The average Bonchev–Trinajstić information content (AvgIpc) is 3.17. The highest BCUT2D eigenvalue weighted by Gasteiger charge is 2.35. The van der Waals surface area contributed by atoms with E-state index in [1.165, 1.54) is 22.0 Å². The molecule has 0 aliphatic carbocycles. The van der Waals surface area contributed by atoms with Crippen molar-refractivity contribution in [2.45, 2.75) is 39.8 Å². The van der Waals surface area contributed by atoms with E-state index in [9.17, 15) is 9.59 Å². The first kappa shape index (κ1) is 28.5. The molecule has 3 aromatic rings. The number of para-hydroxylation sites is 1. The first-order valence-corrected chi connectivity index (χ1v) is 13.7. The van der Waals surface area contributed by atoms with Crippen molar-refractivity contribution in [1.82, 2.24) is 4.57 Å². The standard InChI is InChI=1S/C29H26Cl2N2O5S/c1-6-12-37-26-18(13-19(30)15-21(26)31)14-23-27(34)33-25(20-10-8-9-11-22(20)38-16(3)4)24(28(35)36-7-2)17(5)32-29(33)39-23/h1,8-11,13-16,25H,7,12H2,2-5H3/b23-14-/t25-/m1/s1. The summed E-state index contributed by atoms with van der Waals surface area (Å²) < 4.78 is 18.9. The van der Waals surface area contributed by atoms with Gasteiger partial charge in [-0.3, -0.25) is 9.36 Å². The van der Waals surface area contributed by atoms with Crippen LogP contribution in [0.4, 0.5) is 0 Å². The lowest BCUT2D eigenvalue weighted by atomic mass is 9.95. The van der Waals surface area contributed by atoms with Gasteiger partial charge in [-0.05, 0) is 52.0 Å². The Balaban J connectivity index is 2.00. The average molecular weight is 586 g/mol. The predicted octanol–water partition coefficient (Wildman–Crippen LogP) is 4.90. The highest BCUT2D eigenvalue weighted by Crippen LogP contribution is 2.36. The third-order valence-corrected chi connectivity index (χ3v) is 7.20. The first-order valence-electron chi connectivity index (χ1n) is 12.2. The van der Waals surface area contributed by atoms with Crippen LogP contribution >= 0.6 is 34.5 Å². The van der Waals surface area contributed by atoms with Gasteiger partial charge in [0.1, 0.15) is 24.1 Å². The van der Waals surface area contributed by atoms with Crippen LogP contribution in [-0.2, 0) is 9.53 Å². The minimum atomic E-state index is -0.822. The molecule has 202 valence electrons. The zero-order valence-corrected chi connectivity index (χ0v) is 24.1. The molecule has 0 fully saturated rings. The van der Waals surface area contributed by atoms with Crippen LogP contribution in [0.3, 0.4) is 0 Å². The fourth-order valence-electron chi connectivity index (χ4n) is 4.25. The topological polar surface area (TPSA) is 79.1 Å². The van der Waals surface area contributed by atoms with Gasteiger partial charge in [-0.2, -0.15) is 0 Å². The minimum absolute atomic E-state index is 0.0157. The molecule has 0 saturated carbocycles. The molecule has 1 aliphatic rings. The van der Waals surface area contributed by atoms with Crippen molar-refractivity contribution in [2.75, 3.05) is 13.2 Å². The Morgan fingerprint density at radius 2 is 2.03 bits per heavy atom. The van der Waals surface area contributed by atoms with E-state index in [0.717, 1.165) is 0 Å². The van der Waals surface area contributed by atoms with Crippen molar-refractivity contribution >= 4 is 46.6 Å². The minimum Gasteiger partial charge on any atom is -0.491 e. The van der Waals surface area contributed by atoms with Crippen LogP contribution in [0.5, 0.6) is 11.5 Å². The predicted molar refractivity (Wildman–Crippen MR) is 153 cm³/mol. The van der Waals surface area contributed by atoms with E-state index in [0.29, 0.717) is 42.7 Å². The van der Waals surface area contributed by atoms with E-state index in [1.807, 2.05) is 38.1 Å². The molecule has 2 aromatic carbocycles. The van der Waals surface area contributed by atoms with E-state index in [2.05, 4.69) is 10.9 Å². The smallest absolute Gasteiger partial charge is 0.338 e. The van der Waals surface area contributed by atoms with Crippen LogP contribution in [0.15, 0.2) is 57.5 Å². The zero-order valence-electron chi connectivity index (χ0n) is 21.8. The largest absolute Gasteiger partial charge is 0.491 e. The van der Waals surface area contributed by atoms with Crippen molar-refractivity contribution in [3.8, 4) is 23.8 Å². The highest BCUT2D eigenvalue weighted by molar-refractivity contribution is 7.07. The number of thiazole rings is 1. The molecular weight excluding hydrogens is 559 g/mol. The lowest BCUT2D eigenvalue weighted by Crippen LogP contribution is -2.40. The monoisotopic (exact) mass is 584 g/mol. The van der Waals surface area contributed by atoms with Gasteiger partial charge in [-0.1, -0.05) is 58.7 Å². The Bertz CT molecular complexity index is 1680. The number of nitrogens with zero attached hydrogens (tertiary/aromatic N) is 2. The van der Waals surface area contributed by atoms with Crippen molar-refractivity contribution in [3.05, 3.63) is 88.5 Å². The molecule has 2 heterocycles. The third kappa shape index (κ3) is 5.91. The van der Waals surface area contributed by atoms with Gasteiger partial charge in [0.2, 0.25) is 0 Å². The van der Waals surface area contributed by atoms with E-state index < -0.39 is 12.0 Å². The second-order valence-corrected chi connectivity index (χ2v) is 10.7. The summed E-state index contributed by atoms with van der Waals surface area (Å²) >= 11 is 13.8. The molecule has 10 heteroatoms. The molecule has 0 radical (unpaired) electrons. The number of esters is 1. The van der Waals surface area contributed by atoms with Crippen LogP contribution in [0, 0.1) is 12.3 Å². The van der Waals surface area contributed by atoms with E-state index in [1.54, 1.807) is 26.0 Å². The van der Waals surface area contributed by atoms with Crippen LogP contribution in [-0.4, -0.2) is 29.9 Å². The Morgan fingerprint density at radius 1 is 1.28 bits per heavy atom. The lowest BCUT2D eigenvalue weighted by molar-refractivity contribution is -0.139. The molecule has 0 N–H and O–H groups in total. The molecular formula is C29H26Cl2N2O5S. The molecule has 0 saturated heterocycles. The maximum absolute atomic E-state index is 14.0. The summed E-state index contributed by atoms with van der Waals surface area (Å²) in [5, 5.41) is 0.625.